The van der Waals surface area contributed by atoms with Gasteiger partial charge in [-0.3, -0.25) is 0 Å². The van der Waals surface area contributed by atoms with Gasteiger partial charge in [0, 0.05) is 0 Å². The van der Waals surface area contributed by atoms with E-state index in [2.05, 4.69) is 29.6 Å². The number of hydrogen-bond acceptors (Lipinski definition) is 4. The number of nitrogens with one attached hydrogen (secondary N) is 1. The topological polar surface area (TPSA) is 64.6 Å². The van der Waals surface area contributed by atoms with Crippen LogP contribution < -0.4 is 5.32 Å². The van der Waals surface area contributed by atoms with Gasteiger partial charge in [-0.25, -0.2) is 9.59 Å². The molecule has 124 valence electrons. The number of carbonyl (C=O) groups is 2. The van der Waals surface area contributed by atoms with Gasteiger partial charge in [-0.05, 0) is 50.5 Å². The first-order valence-corrected chi connectivity index (χ1v) is 8.33. The fourth-order valence-electron chi connectivity index (χ4n) is 3.33. The van der Waals surface area contributed by atoms with Gasteiger partial charge >= 0.3 is 12.1 Å². The maximum Gasteiger partial charge on any atom is 0.408 e. The summed E-state index contributed by atoms with van der Waals surface area (Å²) in [5.74, 6) is 0.267. The molecule has 23 heavy (non-hydrogen) atoms. The molecule has 0 aromatic heterocycles. The zero-order valence-electron chi connectivity index (χ0n) is 13.4. The molecule has 1 heterocycles. The predicted molar refractivity (Wildman–Crippen MR) is 84.9 cm³/mol. The maximum absolute atomic E-state index is 11.8. The number of carbonyl (C=O) groups excluding carboxylic acids is 2. The van der Waals surface area contributed by atoms with Gasteiger partial charge in [0.15, 0.2) is 6.04 Å². The lowest BCUT2D eigenvalue weighted by atomic mass is 9.83. The van der Waals surface area contributed by atoms with Crippen molar-refractivity contribution in [1.29, 1.82) is 0 Å². The van der Waals surface area contributed by atoms with Crippen LogP contribution in [-0.4, -0.2) is 30.3 Å². The Kier molecular flexibility index (Phi) is 4.84. The molecule has 0 bridgehead atoms. The smallest absolute Gasteiger partial charge is 0.408 e. The molecule has 1 aromatic rings. The van der Waals surface area contributed by atoms with E-state index in [1.54, 1.807) is 6.92 Å². The Bertz CT molecular complexity index is 551. The highest BCUT2D eigenvalue weighted by molar-refractivity contribution is 5.86. The van der Waals surface area contributed by atoms with E-state index in [9.17, 15) is 9.59 Å². The van der Waals surface area contributed by atoms with Crippen LogP contribution in [0.15, 0.2) is 30.3 Å². The Hall–Kier alpha value is -2.04. The second-order valence-electron chi connectivity index (χ2n) is 6.50. The van der Waals surface area contributed by atoms with Crippen molar-refractivity contribution < 1.29 is 19.1 Å². The Morgan fingerprint density at radius 1 is 1.22 bits per heavy atom. The molecular weight excluding hydrogens is 294 g/mol. The minimum atomic E-state index is -0.558. The Morgan fingerprint density at radius 3 is 2.52 bits per heavy atom. The zero-order valence-corrected chi connectivity index (χ0v) is 13.4. The zero-order chi connectivity index (χ0) is 16.2. The van der Waals surface area contributed by atoms with Crippen LogP contribution in [0.5, 0.6) is 0 Å². The van der Waals surface area contributed by atoms with Crippen LogP contribution in [-0.2, 0) is 20.7 Å². The van der Waals surface area contributed by atoms with Crippen LogP contribution in [0.4, 0.5) is 4.79 Å². The standard InChI is InChI=1S/C18H23NO4/c1-12-16(17(20)22-12)19-18(21)23-15-9-7-14(8-10-15)11-13-5-3-2-4-6-13/h2-6,12,14-16H,7-11H2,1H3,(H,19,21)/t12-,14?,15?,16+/m0/s1. The van der Waals surface area contributed by atoms with Crippen molar-refractivity contribution in [2.45, 2.75) is 57.3 Å². The lowest BCUT2D eigenvalue weighted by Crippen LogP contribution is -2.59. The van der Waals surface area contributed by atoms with Crippen LogP contribution in [0, 0.1) is 5.92 Å². The average Bonchev–Trinajstić information content (AvgIpc) is 2.56. The summed E-state index contributed by atoms with van der Waals surface area (Å²) in [6.45, 7) is 1.75. The van der Waals surface area contributed by atoms with Gasteiger partial charge in [0.25, 0.3) is 0 Å². The lowest BCUT2D eigenvalue weighted by molar-refractivity contribution is -0.174. The number of ether oxygens (including phenoxy) is 2. The number of cyclic esters (lactones) is 1. The molecule has 1 saturated heterocycles. The molecule has 2 atom stereocenters. The Morgan fingerprint density at radius 2 is 1.91 bits per heavy atom. The maximum atomic E-state index is 11.8. The first kappa shape index (κ1) is 15.8. The van der Waals surface area contributed by atoms with Crippen LogP contribution in [0.25, 0.3) is 0 Å². The summed E-state index contributed by atoms with van der Waals surface area (Å²) in [5.41, 5.74) is 1.37. The van der Waals surface area contributed by atoms with Gasteiger partial charge in [-0.1, -0.05) is 30.3 Å². The quantitative estimate of drug-likeness (QED) is 0.867. The molecule has 2 aliphatic rings. The summed E-state index contributed by atoms with van der Waals surface area (Å²) in [5, 5.41) is 2.58. The minimum Gasteiger partial charge on any atom is -0.458 e. The summed E-state index contributed by atoms with van der Waals surface area (Å²) in [7, 11) is 0. The molecule has 0 spiro atoms. The summed E-state index contributed by atoms with van der Waals surface area (Å²) in [4.78, 5) is 23.0. The van der Waals surface area contributed by atoms with E-state index >= 15 is 0 Å². The van der Waals surface area contributed by atoms with Crippen molar-refractivity contribution in [3.8, 4) is 0 Å². The Labute approximate surface area is 136 Å². The largest absolute Gasteiger partial charge is 0.458 e. The Balaban J connectivity index is 1.39. The second-order valence-corrected chi connectivity index (χ2v) is 6.50. The molecule has 1 N–H and O–H groups in total. The summed E-state index contributed by atoms with van der Waals surface area (Å²) < 4.78 is 10.2. The first-order chi connectivity index (χ1) is 11.1. The van der Waals surface area contributed by atoms with Crippen molar-refractivity contribution in [1.82, 2.24) is 5.32 Å². The van der Waals surface area contributed by atoms with E-state index < -0.39 is 12.1 Å². The molecule has 1 saturated carbocycles. The van der Waals surface area contributed by atoms with Gasteiger partial charge in [0.2, 0.25) is 0 Å². The van der Waals surface area contributed by atoms with Crippen LogP contribution in [0.2, 0.25) is 0 Å². The molecule has 2 fully saturated rings. The molecule has 1 amide bonds. The van der Waals surface area contributed by atoms with E-state index in [0.29, 0.717) is 5.92 Å². The fourth-order valence-corrected chi connectivity index (χ4v) is 3.33. The predicted octanol–water partition coefficient (Wildman–Crippen LogP) is 2.83. The summed E-state index contributed by atoms with van der Waals surface area (Å²) in [6.07, 6.45) is 4.16. The van der Waals surface area contributed by atoms with Crippen LogP contribution in [0.1, 0.15) is 38.2 Å². The number of alkyl carbamates (subject to hydrolysis) is 1. The molecule has 5 nitrogen and oxygen atoms in total. The number of esters is 1. The van der Waals surface area contributed by atoms with Gasteiger partial charge in [0.05, 0.1) is 0 Å². The van der Waals surface area contributed by atoms with E-state index in [1.165, 1.54) is 5.56 Å². The third-order valence-electron chi connectivity index (χ3n) is 4.73. The van der Waals surface area contributed by atoms with E-state index in [4.69, 9.17) is 9.47 Å². The van der Waals surface area contributed by atoms with Gasteiger partial charge in [-0.2, -0.15) is 0 Å². The fraction of sp³-hybridized carbons (Fsp3) is 0.556. The van der Waals surface area contributed by atoms with Crippen molar-refractivity contribution in [3.05, 3.63) is 35.9 Å². The second kappa shape index (κ2) is 7.02. The van der Waals surface area contributed by atoms with Crippen molar-refractivity contribution in [3.63, 3.8) is 0 Å². The average molecular weight is 317 g/mol. The molecule has 0 radical (unpaired) electrons. The third-order valence-corrected chi connectivity index (χ3v) is 4.73. The number of amides is 1. The molecule has 1 aliphatic heterocycles. The number of benzene rings is 1. The monoisotopic (exact) mass is 317 g/mol. The highest BCUT2D eigenvalue weighted by atomic mass is 16.6. The normalized spacial score (nSPS) is 30.0. The molecule has 1 aliphatic carbocycles. The number of rotatable bonds is 4. The highest BCUT2D eigenvalue weighted by Crippen LogP contribution is 2.29. The van der Waals surface area contributed by atoms with E-state index in [0.717, 1.165) is 32.1 Å². The van der Waals surface area contributed by atoms with Gasteiger partial charge in [-0.15, -0.1) is 0 Å². The molecule has 3 rings (SSSR count). The molecule has 0 unspecified atom stereocenters. The lowest BCUT2D eigenvalue weighted by Gasteiger charge is -2.33. The molecular formula is C18H23NO4. The first-order valence-electron chi connectivity index (χ1n) is 8.33. The van der Waals surface area contributed by atoms with E-state index in [-0.39, 0.29) is 18.2 Å². The van der Waals surface area contributed by atoms with E-state index in [1.807, 2.05) is 6.07 Å². The highest BCUT2D eigenvalue weighted by Gasteiger charge is 2.41. The summed E-state index contributed by atoms with van der Waals surface area (Å²) >= 11 is 0. The van der Waals surface area contributed by atoms with Crippen LogP contribution in [0.3, 0.4) is 0 Å². The molecule has 5 heteroatoms. The summed E-state index contributed by atoms with van der Waals surface area (Å²) in [6, 6.07) is 9.94. The van der Waals surface area contributed by atoms with Crippen LogP contribution >= 0.6 is 0 Å². The van der Waals surface area contributed by atoms with Crippen molar-refractivity contribution >= 4 is 12.1 Å². The van der Waals surface area contributed by atoms with Crippen molar-refractivity contribution in [2.24, 2.45) is 5.92 Å². The van der Waals surface area contributed by atoms with Crippen molar-refractivity contribution in [2.75, 3.05) is 0 Å². The number of hydrogen-bond donors (Lipinski definition) is 1. The molecule has 1 aromatic carbocycles. The third kappa shape index (κ3) is 4.03. The SMILES string of the molecule is C[C@@H]1OC(=O)[C@@H]1NC(=O)OC1CCC(Cc2ccccc2)CC1. The minimum absolute atomic E-state index is 0.0478. The van der Waals surface area contributed by atoms with Gasteiger partial charge < -0.3 is 14.8 Å². The van der Waals surface area contributed by atoms with Gasteiger partial charge in [0.1, 0.15) is 12.2 Å².